The number of hydrogen-bond donors (Lipinski definition) is 2. The molecule has 1 aromatic carbocycles. The fourth-order valence-electron chi connectivity index (χ4n) is 2.35. The average Bonchev–Trinajstić information content (AvgIpc) is 2.46. The fourth-order valence-corrected chi connectivity index (χ4v) is 3.24. The molecule has 1 saturated heterocycles. The van der Waals surface area contributed by atoms with Crippen LogP contribution in [-0.2, 0) is 4.74 Å². The monoisotopic (exact) mass is 316 g/mol. The van der Waals surface area contributed by atoms with Gasteiger partial charge in [0.1, 0.15) is 32.7 Å². The lowest BCUT2D eigenvalue weighted by molar-refractivity contribution is -1.00. The Kier molecular flexibility index (Phi) is 7.17. The van der Waals surface area contributed by atoms with Crippen LogP contribution in [0.25, 0.3) is 0 Å². The number of quaternary nitrogens is 2. The standard InChI is InChI=1S/C15H23ClN2OS/c1-17-6-8-18(9-7-17)10-11-19-12-13-20-15-4-2-14(16)3-5-15/h2-5H,6-13H2,1H3/p+2. The van der Waals surface area contributed by atoms with Crippen LogP contribution in [0.5, 0.6) is 0 Å². The van der Waals surface area contributed by atoms with E-state index in [0.717, 1.165) is 30.5 Å². The van der Waals surface area contributed by atoms with Gasteiger partial charge in [0.25, 0.3) is 0 Å². The molecule has 2 rings (SSSR count). The molecule has 20 heavy (non-hydrogen) atoms. The summed E-state index contributed by atoms with van der Waals surface area (Å²) >= 11 is 7.68. The summed E-state index contributed by atoms with van der Waals surface area (Å²) in [5.41, 5.74) is 0. The Balaban J connectivity index is 1.48. The van der Waals surface area contributed by atoms with E-state index in [2.05, 4.69) is 19.2 Å². The molecule has 2 N–H and O–H groups in total. The Hall–Kier alpha value is -0.260. The van der Waals surface area contributed by atoms with Crippen molar-refractivity contribution in [3.63, 3.8) is 0 Å². The summed E-state index contributed by atoms with van der Waals surface area (Å²) in [5.74, 6) is 1.00. The normalized spacial score (nSPS) is 22.9. The molecule has 1 aromatic rings. The molecular weight excluding hydrogens is 292 g/mol. The highest BCUT2D eigenvalue weighted by atomic mass is 35.5. The zero-order chi connectivity index (χ0) is 14.2. The van der Waals surface area contributed by atoms with Crippen molar-refractivity contribution in [1.82, 2.24) is 0 Å². The lowest BCUT2D eigenvalue weighted by Crippen LogP contribution is -3.27. The van der Waals surface area contributed by atoms with Crippen LogP contribution >= 0.6 is 23.4 Å². The molecule has 3 nitrogen and oxygen atoms in total. The van der Waals surface area contributed by atoms with Gasteiger partial charge in [-0.15, -0.1) is 11.8 Å². The third kappa shape index (κ3) is 6.02. The Morgan fingerprint density at radius 3 is 2.50 bits per heavy atom. The van der Waals surface area contributed by atoms with Gasteiger partial charge >= 0.3 is 0 Å². The molecule has 0 aliphatic carbocycles. The molecule has 1 aliphatic rings. The van der Waals surface area contributed by atoms with Crippen LogP contribution in [0.1, 0.15) is 0 Å². The molecule has 0 bridgehead atoms. The van der Waals surface area contributed by atoms with Gasteiger partial charge in [0.05, 0.1) is 20.3 Å². The number of halogens is 1. The van der Waals surface area contributed by atoms with Crippen molar-refractivity contribution in [3.05, 3.63) is 29.3 Å². The highest BCUT2D eigenvalue weighted by Crippen LogP contribution is 2.19. The molecule has 112 valence electrons. The van der Waals surface area contributed by atoms with E-state index in [9.17, 15) is 0 Å². The summed E-state index contributed by atoms with van der Waals surface area (Å²) in [4.78, 5) is 4.61. The Bertz CT molecular complexity index is 380. The van der Waals surface area contributed by atoms with E-state index in [0.29, 0.717) is 0 Å². The van der Waals surface area contributed by atoms with Gasteiger partial charge in [0.2, 0.25) is 0 Å². The molecule has 1 fully saturated rings. The maximum absolute atomic E-state index is 5.86. The van der Waals surface area contributed by atoms with E-state index < -0.39 is 0 Å². The zero-order valence-electron chi connectivity index (χ0n) is 12.2. The Labute approximate surface area is 131 Å². The van der Waals surface area contributed by atoms with E-state index in [-0.39, 0.29) is 0 Å². The number of nitrogens with one attached hydrogen (secondary N) is 2. The largest absolute Gasteiger partial charge is 0.375 e. The summed E-state index contributed by atoms with van der Waals surface area (Å²) in [6, 6.07) is 7.99. The molecule has 0 unspecified atom stereocenters. The van der Waals surface area contributed by atoms with Crippen LogP contribution < -0.4 is 9.80 Å². The van der Waals surface area contributed by atoms with Crippen LogP contribution in [0, 0.1) is 0 Å². The average molecular weight is 317 g/mol. The van der Waals surface area contributed by atoms with E-state index in [1.54, 1.807) is 9.80 Å². The molecule has 0 atom stereocenters. The van der Waals surface area contributed by atoms with Crippen molar-refractivity contribution in [1.29, 1.82) is 0 Å². The number of rotatable bonds is 7. The first-order chi connectivity index (χ1) is 9.74. The molecule has 1 heterocycles. The summed E-state index contributed by atoms with van der Waals surface area (Å²) in [6.45, 7) is 8.02. The number of ether oxygens (including phenoxy) is 1. The second kappa shape index (κ2) is 8.90. The molecule has 0 amide bonds. The van der Waals surface area contributed by atoms with Crippen molar-refractivity contribution >= 4 is 23.4 Å². The van der Waals surface area contributed by atoms with Crippen LogP contribution in [0.2, 0.25) is 5.02 Å². The molecule has 1 aliphatic heterocycles. The highest BCUT2D eigenvalue weighted by molar-refractivity contribution is 7.99. The van der Waals surface area contributed by atoms with Gasteiger partial charge in [0.15, 0.2) is 0 Å². The van der Waals surface area contributed by atoms with Crippen LogP contribution in [0.15, 0.2) is 29.2 Å². The summed E-state index contributed by atoms with van der Waals surface area (Å²) < 4.78 is 5.73. The quantitative estimate of drug-likeness (QED) is 0.539. The minimum Gasteiger partial charge on any atom is -0.375 e. The lowest BCUT2D eigenvalue weighted by Gasteiger charge is -2.27. The third-order valence-corrected chi connectivity index (χ3v) is 4.95. The van der Waals surface area contributed by atoms with Gasteiger partial charge in [0, 0.05) is 15.7 Å². The molecule has 0 spiro atoms. The first-order valence-corrected chi connectivity index (χ1v) is 8.71. The number of piperazine rings is 1. The van der Waals surface area contributed by atoms with Gasteiger partial charge in [-0.05, 0) is 24.3 Å². The summed E-state index contributed by atoms with van der Waals surface area (Å²) in [6.07, 6.45) is 0. The van der Waals surface area contributed by atoms with Gasteiger partial charge < -0.3 is 14.5 Å². The molecule has 0 radical (unpaired) electrons. The van der Waals surface area contributed by atoms with Gasteiger partial charge in [-0.2, -0.15) is 0 Å². The fraction of sp³-hybridized carbons (Fsp3) is 0.600. The summed E-state index contributed by atoms with van der Waals surface area (Å²) in [7, 11) is 2.28. The molecule has 5 heteroatoms. The maximum atomic E-state index is 5.86. The van der Waals surface area contributed by atoms with Crippen molar-refractivity contribution in [3.8, 4) is 0 Å². The first-order valence-electron chi connectivity index (χ1n) is 7.35. The van der Waals surface area contributed by atoms with Crippen LogP contribution in [0.3, 0.4) is 0 Å². The molecule has 0 aromatic heterocycles. The van der Waals surface area contributed by atoms with Crippen LogP contribution in [0.4, 0.5) is 0 Å². The minimum atomic E-state index is 0.794. The lowest BCUT2D eigenvalue weighted by atomic mass is 10.3. The molecule has 0 saturated carbocycles. The van der Waals surface area contributed by atoms with Crippen molar-refractivity contribution in [2.45, 2.75) is 4.90 Å². The van der Waals surface area contributed by atoms with Gasteiger partial charge in [-0.3, -0.25) is 0 Å². The maximum Gasteiger partial charge on any atom is 0.127 e. The van der Waals surface area contributed by atoms with E-state index >= 15 is 0 Å². The predicted octanol–water partition coefficient (Wildman–Crippen LogP) is -0.138. The van der Waals surface area contributed by atoms with E-state index in [4.69, 9.17) is 16.3 Å². The highest BCUT2D eigenvalue weighted by Gasteiger charge is 2.18. The van der Waals surface area contributed by atoms with Crippen molar-refractivity contribution in [2.24, 2.45) is 0 Å². The summed E-state index contributed by atoms with van der Waals surface area (Å²) in [5, 5.41) is 0.794. The number of hydrogen-bond acceptors (Lipinski definition) is 2. The Morgan fingerprint density at radius 2 is 1.80 bits per heavy atom. The number of benzene rings is 1. The zero-order valence-corrected chi connectivity index (χ0v) is 13.7. The molecular formula is C15H25ClN2OS+2. The number of likely N-dealkylation sites (N-methyl/N-ethyl adjacent to an activating group) is 1. The van der Waals surface area contributed by atoms with Crippen molar-refractivity contribution < 1.29 is 14.5 Å². The predicted molar refractivity (Wildman–Crippen MR) is 85.2 cm³/mol. The second-order valence-electron chi connectivity index (χ2n) is 5.37. The van der Waals surface area contributed by atoms with Gasteiger partial charge in [-0.25, -0.2) is 0 Å². The topological polar surface area (TPSA) is 18.1 Å². The second-order valence-corrected chi connectivity index (χ2v) is 6.98. The minimum absolute atomic E-state index is 0.794. The van der Waals surface area contributed by atoms with E-state index in [1.807, 2.05) is 23.9 Å². The smallest absolute Gasteiger partial charge is 0.127 e. The van der Waals surface area contributed by atoms with E-state index in [1.165, 1.54) is 31.1 Å². The number of thioether (sulfide) groups is 1. The van der Waals surface area contributed by atoms with Crippen LogP contribution in [-0.4, -0.2) is 58.7 Å². The first kappa shape index (κ1) is 16.1. The SMILES string of the molecule is C[NH+]1CC[NH+](CCOCCSc2ccc(Cl)cc2)CC1. The third-order valence-electron chi connectivity index (χ3n) is 3.72. The van der Waals surface area contributed by atoms with Crippen molar-refractivity contribution in [2.75, 3.05) is 58.7 Å². The Morgan fingerprint density at radius 1 is 1.10 bits per heavy atom. The van der Waals surface area contributed by atoms with Gasteiger partial charge in [-0.1, -0.05) is 11.6 Å².